The van der Waals surface area contributed by atoms with Gasteiger partial charge in [0.1, 0.15) is 0 Å². The molecule has 78 valence electrons. The highest BCUT2D eigenvalue weighted by molar-refractivity contribution is 5.98. The van der Waals surface area contributed by atoms with E-state index >= 15 is 0 Å². The van der Waals surface area contributed by atoms with Gasteiger partial charge in [0.05, 0.1) is 0 Å². The van der Waals surface area contributed by atoms with Crippen LogP contribution in [-0.2, 0) is 19.3 Å². The third-order valence-electron chi connectivity index (χ3n) is 1.07. The first-order valence-electron chi connectivity index (χ1n) is 2.98. The summed E-state index contributed by atoms with van der Waals surface area (Å²) in [6.45, 7) is 0.668. The highest BCUT2D eigenvalue weighted by Crippen LogP contribution is 2.12. The Hall–Kier alpha value is -2.26. The van der Waals surface area contributed by atoms with Crippen LogP contribution in [0.5, 0.6) is 0 Å². The number of carbonyl (C=O) groups excluding carboxylic acids is 2. The lowest BCUT2D eigenvalue weighted by Gasteiger charge is -2.18. The predicted octanol–water partition coefficient (Wildman–Crippen LogP) is -1.11. The molecule has 0 amide bonds. The number of hydrogen-bond acceptors (Lipinski definition) is 8. The minimum atomic E-state index is -3.13. The van der Waals surface area contributed by atoms with Crippen molar-refractivity contribution in [2.24, 2.45) is 0 Å². The van der Waals surface area contributed by atoms with Crippen molar-refractivity contribution in [3.8, 4) is 0 Å². The van der Waals surface area contributed by atoms with E-state index in [9.17, 15) is 29.8 Å². The molecule has 0 aromatic rings. The van der Waals surface area contributed by atoms with E-state index in [0.717, 1.165) is 0 Å². The van der Waals surface area contributed by atoms with Gasteiger partial charge in [0, 0.05) is 0 Å². The summed E-state index contributed by atoms with van der Waals surface area (Å²) in [6, 6.07) is 0. The van der Waals surface area contributed by atoms with Crippen molar-refractivity contribution in [3.05, 3.63) is 20.2 Å². The largest absolute Gasteiger partial charge is 0.374 e. The molecule has 0 atom stereocenters. The molecule has 0 heterocycles. The van der Waals surface area contributed by atoms with Gasteiger partial charge < -0.3 is 0 Å². The normalized spacial score (nSPS) is 10.1. The Morgan fingerprint density at radius 1 is 1.29 bits per heavy atom. The molecule has 0 radical (unpaired) electrons. The molecule has 0 aromatic carbocycles. The minimum Gasteiger partial charge on any atom is -0.298 e. The molecule has 10 heteroatoms. The molecule has 0 aliphatic carbocycles. The van der Waals surface area contributed by atoms with Crippen molar-refractivity contribution in [2.75, 3.05) is 0 Å². The summed E-state index contributed by atoms with van der Waals surface area (Å²) in [6.07, 6.45) is -0.471. The van der Waals surface area contributed by atoms with E-state index in [1.807, 2.05) is 0 Å². The van der Waals surface area contributed by atoms with Crippen molar-refractivity contribution in [3.63, 3.8) is 0 Å². The summed E-state index contributed by atoms with van der Waals surface area (Å²) >= 11 is 0. The maximum absolute atomic E-state index is 10.7. The van der Waals surface area contributed by atoms with Crippen molar-refractivity contribution in [2.45, 2.75) is 12.7 Å². The Kier molecular flexibility index (Phi) is 3.45. The molecule has 0 fully saturated rings. The second-order valence-corrected chi connectivity index (χ2v) is 1.97. The van der Waals surface area contributed by atoms with E-state index in [2.05, 4.69) is 9.68 Å². The summed E-state index contributed by atoms with van der Waals surface area (Å²) in [5.41, 5.74) is 0. The number of rotatable bonds is 6. The molecule has 0 aliphatic heterocycles. The lowest BCUT2D eigenvalue weighted by Crippen LogP contribution is -2.47. The fourth-order valence-corrected chi connectivity index (χ4v) is 0.493. The van der Waals surface area contributed by atoms with Crippen LogP contribution in [-0.4, -0.2) is 28.0 Å². The maximum atomic E-state index is 10.7. The van der Waals surface area contributed by atoms with Gasteiger partial charge in [-0.1, -0.05) is 0 Å². The van der Waals surface area contributed by atoms with Crippen LogP contribution in [0, 0.1) is 20.2 Å². The zero-order chi connectivity index (χ0) is 11.4. The SMILES string of the molecule is CC(=O)C(C=O)(O[N+](=O)[O-])O[N+](=O)[O-]. The van der Waals surface area contributed by atoms with Crippen molar-refractivity contribution >= 4 is 12.1 Å². The van der Waals surface area contributed by atoms with Crippen molar-refractivity contribution in [1.29, 1.82) is 0 Å². The van der Waals surface area contributed by atoms with E-state index in [0.29, 0.717) is 6.92 Å². The summed E-state index contributed by atoms with van der Waals surface area (Å²) in [5.74, 6) is -4.45. The van der Waals surface area contributed by atoms with Crippen molar-refractivity contribution in [1.82, 2.24) is 0 Å². The number of ketones is 1. The lowest BCUT2D eigenvalue weighted by atomic mass is 10.2. The first kappa shape index (κ1) is 11.7. The van der Waals surface area contributed by atoms with Gasteiger partial charge in [-0.05, 0) is 6.92 Å². The molecule has 10 nitrogen and oxygen atoms in total. The summed E-state index contributed by atoms with van der Waals surface area (Å²) < 4.78 is 0. The van der Waals surface area contributed by atoms with Gasteiger partial charge in [0.25, 0.3) is 10.2 Å². The average molecular weight is 208 g/mol. The quantitative estimate of drug-likeness (QED) is 0.176. The first-order chi connectivity index (χ1) is 6.34. The number of nitrogens with zero attached hydrogens (tertiary/aromatic N) is 2. The lowest BCUT2D eigenvalue weighted by molar-refractivity contribution is -0.855. The third-order valence-corrected chi connectivity index (χ3v) is 1.07. The van der Waals surface area contributed by atoms with Gasteiger partial charge in [-0.2, -0.15) is 0 Å². The Morgan fingerprint density at radius 3 is 1.79 bits per heavy atom. The van der Waals surface area contributed by atoms with E-state index in [4.69, 9.17) is 0 Å². The maximum Gasteiger partial charge on any atom is 0.374 e. The predicted molar refractivity (Wildman–Crippen MR) is 35.6 cm³/mol. The van der Waals surface area contributed by atoms with Crippen molar-refractivity contribution < 1.29 is 29.4 Å². The third kappa shape index (κ3) is 2.66. The molecule has 0 saturated heterocycles. The Labute approximate surface area is 75.6 Å². The molecular weight excluding hydrogens is 204 g/mol. The molecule has 14 heavy (non-hydrogen) atoms. The molecule has 0 N–H and O–H groups in total. The van der Waals surface area contributed by atoms with Gasteiger partial charge >= 0.3 is 5.79 Å². The van der Waals surface area contributed by atoms with E-state index < -0.39 is 28.0 Å². The van der Waals surface area contributed by atoms with Crippen LogP contribution in [0.3, 0.4) is 0 Å². The number of carbonyl (C=O) groups is 2. The smallest absolute Gasteiger partial charge is 0.298 e. The van der Waals surface area contributed by atoms with Gasteiger partial charge in [-0.3, -0.25) is 19.3 Å². The standard InChI is InChI=1S/C4H4N2O8/c1-3(8)4(2-7,13-5(9)10)14-6(11)12/h2H,1H3. The molecule has 0 aliphatic rings. The van der Waals surface area contributed by atoms with Gasteiger partial charge in [0.2, 0.25) is 0 Å². The highest BCUT2D eigenvalue weighted by atomic mass is 17.1. The second kappa shape index (κ2) is 4.11. The zero-order valence-corrected chi connectivity index (χ0v) is 6.74. The molecule has 0 spiro atoms. The fourth-order valence-electron chi connectivity index (χ4n) is 0.493. The Morgan fingerprint density at radius 2 is 1.64 bits per heavy atom. The summed E-state index contributed by atoms with van der Waals surface area (Å²) in [7, 11) is 0. The monoisotopic (exact) mass is 208 g/mol. The average Bonchev–Trinajstić information content (AvgIpc) is 2.00. The highest BCUT2D eigenvalue weighted by Gasteiger charge is 2.44. The van der Waals surface area contributed by atoms with Crippen LogP contribution in [0.25, 0.3) is 0 Å². The summed E-state index contributed by atoms with van der Waals surface area (Å²) in [5, 5.41) is 16.6. The molecule has 0 saturated carbocycles. The van der Waals surface area contributed by atoms with Crippen LogP contribution >= 0.6 is 0 Å². The van der Waals surface area contributed by atoms with Crippen LogP contribution in [0.1, 0.15) is 6.92 Å². The van der Waals surface area contributed by atoms with Gasteiger partial charge in [-0.25, -0.2) is 0 Å². The Balaban J connectivity index is 4.97. The van der Waals surface area contributed by atoms with E-state index in [1.54, 1.807) is 0 Å². The molecular formula is C4H4N2O8. The number of aldehydes is 1. The van der Waals surface area contributed by atoms with Crippen LogP contribution < -0.4 is 0 Å². The molecule has 0 unspecified atom stereocenters. The fraction of sp³-hybridized carbons (Fsp3) is 0.500. The van der Waals surface area contributed by atoms with E-state index in [1.165, 1.54) is 0 Å². The minimum absolute atomic E-state index is 0.471. The molecule has 0 aromatic heterocycles. The number of Topliss-reactive ketones (excluding diaryl/α,β-unsaturated/α-hetero) is 1. The topological polar surface area (TPSA) is 139 Å². The summed E-state index contributed by atoms with van der Waals surface area (Å²) in [4.78, 5) is 47.6. The zero-order valence-electron chi connectivity index (χ0n) is 6.74. The first-order valence-corrected chi connectivity index (χ1v) is 2.98. The van der Waals surface area contributed by atoms with E-state index in [-0.39, 0.29) is 0 Å². The van der Waals surface area contributed by atoms with Crippen LogP contribution in [0.2, 0.25) is 0 Å². The number of hydrogen-bond donors (Lipinski definition) is 0. The molecule has 0 rings (SSSR count). The van der Waals surface area contributed by atoms with Crippen LogP contribution in [0.4, 0.5) is 0 Å². The molecule has 0 bridgehead atoms. The Bertz CT molecular complexity index is 269. The van der Waals surface area contributed by atoms with Crippen LogP contribution in [0.15, 0.2) is 0 Å². The van der Waals surface area contributed by atoms with Gasteiger partial charge in [0.15, 0.2) is 12.1 Å². The van der Waals surface area contributed by atoms with Gasteiger partial charge in [-0.15, -0.1) is 20.2 Å². The second-order valence-electron chi connectivity index (χ2n) is 1.97.